The fourth-order valence-electron chi connectivity index (χ4n) is 1.49. The maximum Gasteiger partial charge on any atom is 0.132 e. The Bertz CT molecular complexity index is 289. The number of para-hydroxylation sites is 1. The molecule has 0 amide bonds. The van der Waals surface area contributed by atoms with E-state index in [0.717, 1.165) is 24.5 Å². The van der Waals surface area contributed by atoms with E-state index in [1.807, 2.05) is 18.2 Å². The van der Waals surface area contributed by atoms with Gasteiger partial charge in [0.15, 0.2) is 0 Å². The quantitative estimate of drug-likeness (QED) is 0.422. The molecule has 0 saturated heterocycles. The monoisotopic (exact) mass is 256 g/mol. The van der Waals surface area contributed by atoms with Gasteiger partial charge in [-0.05, 0) is 37.0 Å². The Labute approximate surface area is 108 Å². The second-order valence-corrected chi connectivity index (χ2v) is 4.93. The Morgan fingerprint density at radius 1 is 1.12 bits per heavy atom. The summed E-state index contributed by atoms with van der Waals surface area (Å²) in [6.45, 7) is 0.824. The molecule has 0 radical (unpaired) electrons. The van der Waals surface area contributed by atoms with E-state index in [1.165, 1.54) is 24.2 Å². The number of thiol groups is 1. The average molecular weight is 256 g/mol. The van der Waals surface area contributed by atoms with Crippen LogP contribution in [0, 0.1) is 0 Å². The highest BCUT2D eigenvalue weighted by molar-refractivity contribution is 7.98. The van der Waals surface area contributed by atoms with Crippen LogP contribution in [0.15, 0.2) is 29.2 Å². The van der Waals surface area contributed by atoms with Crippen molar-refractivity contribution in [1.82, 2.24) is 0 Å². The van der Waals surface area contributed by atoms with Crippen molar-refractivity contribution in [3.8, 4) is 5.75 Å². The van der Waals surface area contributed by atoms with Crippen LogP contribution in [0.1, 0.15) is 25.7 Å². The second kappa shape index (κ2) is 8.82. The van der Waals surface area contributed by atoms with Crippen molar-refractivity contribution < 1.29 is 4.74 Å². The van der Waals surface area contributed by atoms with Crippen LogP contribution >= 0.6 is 24.4 Å². The molecule has 0 spiro atoms. The van der Waals surface area contributed by atoms with Gasteiger partial charge in [-0.1, -0.05) is 25.0 Å². The van der Waals surface area contributed by atoms with Gasteiger partial charge in [0.2, 0.25) is 0 Å². The highest BCUT2D eigenvalue weighted by Crippen LogP contribution is 2.26. The molecular formula is C13H20OS2. The minimum Gasteiger partial charge on any atom is -0.492 e. The summed E-state index contributed by atoms with van der Waals surface area (Å²) in [4.78, 5) is 1.22. The van der Waals surface area contributed by atoms with Gasteiger partial charge in [0.1, 0.15) is 5.75 Å². The van der Waals surface area contributed by atoms with Crippen LogP contribution in [-0.2, 0) is 0 Å². The Kier molecular flexibility index (Phi) is 7.60. The molecule has 0 aliphatic carbocycles. The molecule has 0 fully saturated rings. The predicted octanol–water partition coefficient (Wildman–Crippen LogP) is 4.28. The summed E-state index contributed by atoms with van der Waals surface area (Å²) in [7, 11) is 0. The molecule has 0 N–H and O–H groups in total. The maximum absolute atomic E-state index is 5.77. The summed E-state index contributed by atoms with van der Waals surface area (Å²) >= 11 is 5.93. The summed E-state index contributed by atoms with van der Waals surface area (Å²) in [5, 5.41) is 0. The van der Waals surface area contributed by atoms with Gasteiger partial charge in [-0.25, -0.2) is 0 Å². The molecule has 1 aromatic rings. The molecule has 1 aromatic carbocycles. The first-order valence-electron chi connectivity index (χ1n) is 5.75. The molecule has 0 bridgehead atoms. The number of ether oxygens (including phenoxy) is 1. The number of rotatable bonds is 8. The lowest BCUT2D eigenvalue weighted by Gasteiger charge is -2.09. The van der Waals surface area contributed by atoms with Crippen LogP contribution in [0.4, 0.5) is 0 Å². The van der Waals surface area contributed by atoms with Crippen LogP contribution in [0.2, 0.25) is 0 Å². The Balaban J connectivity index is 2.21. The Morgan fingerprint density at radius 3 is 2.62 bits per heavy atom. The van der Waals surface area contributed by atoms with E-state index in [0.29, 0.717) is 0 Å². The van der Waals surface area contributed by atoms with E-state index in [1.54, 1.807) is 11.8 Å². The number of thioether (sulfide) groups is 1. The minimum atomic E-state index is 0.824. The van der Waals surface area contributed by atoms with Gasteiger partial charge in [0.25, 0.3) is 0 Å². The van der Waals surface area contributed by atoms with Gasteiger partial charge in [-0.2, -0.15) is 12.6 Å². The van der Waals surface area contributed by atoms with Crippen LogP contribution in [0.5, 0.6) is 5.75 Å². The first-order valence-corrected chi connectivity index (χ1v) is 7.61. The van der Waals surface area contributed by atoms with Gasteiger partial charge in [-0.3, -0.25) is 0 Å². The molecule has 0 aromatic heterocycles. The van der Waals surface area contributed by atoms with E-state index in [-0.39, 0.29) is 0 Å². The highest BCUT2D eigenvalue weighted by atomic mass is 32.2. The zero-order valence-corrected chi connectivity index (χ0v) is 11.5. The molecular weight excluding hydrogens is 236 g/mol. The molecule has 0 aliphatic heterocycles. The van der Waals surface area contributed by atoms with E-state index >= 15 is 0 Å². The molecule has 90 valence electrons. The molecule has 16 heavy (non-hydrogen) atoms. The number of benzene rings is 1. The molecule has 0 heterocycles. The molecule has 1 nitrogen and oxygen atoms in total. The third-order valence-corrected chi connectivity index (χ3v) is 3.47. The molecule has 3 heteroatoms. The van der Waals surface area contributed by atoms with Crippen molar-refractivity contribution in [1.29, 1.82) is 0 Å². The summed E-state index contributed by atoms with van der Waals surface area (Å²) in [6.07, 6.45) is 6.93. The largest absolute Gasteiger partial charge is 0.492 e. The van der Waals surface area contributed by atoms with Crippen LogP contribution in [-0.4, -0.2) is 18.6 Å². The van der Waals surface area contributed by atoms with Gasteiger partial charge in [0.05, 0.1) is 6.61 Å². The summed E-state index contributed by atoms with van der Waals surface area (Å²) in [5.74, 6) is 2.01. The van der Waals surface area contributed by atoms with Gasteiger partial charge in [-0.15, -0.1) is 11.8 Å². The first-order chi connectivity index (χ1) is 7.88. The van der Waals surface area contributed by atoms with Crippen LogP contribution in [0.25, 0.3) is 0 Å². The van der Waals surface area contributed by atoms with Gasteiger partial charge >= 0.3 is 0 Å². The summed E-state index contributed by atoms with van der Waals surface area (Å²) in [5.41, 5.74) is 0. The van der Waals surface area contributed by atoms with Gasteiger partial charge in [0, 0.05) is 4.90 Å². The standard InChI is InChI=1S/C13H20OS2/c1-16-13-9-5-4-8-12(13)14-10-6-2-3-7-11-15/h4-5,8-9,15H,2-3,6-7,10-11H2,1H3. The molecule has 0 unspecified atom stereocenters. The van der Waals surface area contributed by atoms with Crippen molar-refractivity contribution in [3.63, 3.8) is 0 Å². The first kappa shape index (κ1) is 13.8. The lowest BCUT2D eigenvalue weighted by Crippen LogP contribution is -1.98. The zero-order valence-electron chi connectivity index (χ0n) is 9.82. The van der Waals surface area contributed by atoms with Crippen molar-refractivity contribution in [2.75, 3.05) is 18.6 Å². The lowest BCUT2D eigenvalue weighted by atomic mass is 10.2. The third-order valence-electron chi connectivity index (χ3n) is 2.38. The lowest BCUT2D eigenvalue weighted by molar-refractivity contribution is 0.298. The number of unbranched alkanes of at least 4 members (excludes halogenated alkanes) is 3. The van der Waals surface area contributed by atoms with E-state index in [2.05, 4.69) is 25.0 Å². The Hall–Kier alpha value is -0.280. The fraction of sp³-hybridized carbons (Fsp3) is 0.538. The van der Waals surface area contributed by atoms with Crippen molar-refractivity contribution in [2.24, 2.45) is 0 Å². The summed E-state index contributed by atoms with van der Waals surface area (Å²) < 4.78 is 5.77. The third kappa shape index (κ3) is 5.17. The zero-order chi connectivity index (χ0) is 11.6. The van der Waals surface area contributed by atoms with E-state index in [9.17, 15) is 0 Å². The normalized spacial score (nSPS) is 10.4. The predicted molar refractivity (Wildman–Crippen MR) is 76.0 cm³/mol. The van der Waals surface area contributed by atoms with Crippen LogP contribution < -0.4 is 4.74 Å². The number of hydrogen-bond donors (Lipinski definition) is 1. The summed E-state index contributed by atoms with van der Waals surface area (Å²) in [6, 6.07) is 8.21. The number of hydrogen-bond acceptors (Lipinski definition) is 3. The molecule has 1 rings (SSSR count). The average Bonchev–Trinajstić information content (AvgIpc) is 2.34. The topological polar surface area (TPSA) is 9.23 Å². The van der Waals surface area contributed by atoms with Crippen molar-refractivity contribution in [2.45, 2.75) is 30.6 Å². The molecule has 0 saturated carbocycles. The fourth-order valence-corrected chi connectivity index (χ4v) is 2.25. The molecule has 0 atom stereocenters. The second-order valence-electron chi connectivity index (χ2n) is 3.64. The maximum atomic E-state index is 5.77. The minimum absolute atomic E-state index is 0.824. The molecule has 0 aliphatic rings. The smallest absolute Gasteiger partial charge is 0.132 e. The van der Waals surface area contributed by atoms with Crippen LogP contribution in [0.3, 0.4) is 0 Å². The Morgan fingerprint density at radius 2 is 1.88 bits per heavy atom. The van der Waals surface area contributed by atoms with Crippen molar-refractivity contribution >= 4 is 24.4 Å². The highest BCUT2D eigenvalue weighted by Gasteiger charge is 2.00. The van der Waals surface area contributed by atoms with Gasteiger partial charge < -0.3 is 4.74 Å². The van der Waals surface area contributed by atoms with E-state index in [4.69, 9.17) is 4.74 Å². The van der Waals surface area contributed by atoms with E-state index < -0.39 is 0 Å². The van der Waals surface area contributed by atoms with Crippen molar-refractivity contribution in [3.05, 3.63) is 24.3 Å². The SMILES string of the molecule is CSc1ccccc1OCCCCCCS.